The molecule has 1 saturated heterocycles. The monoisotopic (exact) mass is 576 g/mol. The van der Waals surface area contributed by atoms with Gasteiger partial charge in [-0.05, 0) is 46.9 Å². The third-order valence-electron chi connectivity index (χ3n) is 7.46. The van der Waals surface area contributed by atoms with Gasteiger partial charge in [-0.1, -0.05) is 59.8 Å². The summed E-state index contributed by atoms with van der Waals surface area (Å²) in [5, 5.41) is 51.2. The van der Waals surface area contributed by atoms with Crippen molar-refractivity contribution >= 4 is 0 Å². The van der Waals surface area contributed by atoms with Crippen molar-refractivity contribution in [1.29, 1.82) is 0 Å². The predicted molar refractivity (Wildman–Crippen MR) is 154 cm³/mol. The van der Waals surface area contributed by atoms with Crippen molar-refractivity contribution in [3.63, 3.8) is 0 Å². The van der Waals surface area contributed by atoms with Gasteiger partial charge in [-0.2, -0.15) is 0 Å². The lowest BCUT2D eigenvalue weighted by atomic mass is 9.97. The molecule has 0 bridgehead atoms. The first kappa shape index (κ1) is 29.6. The summed E-state index contributed by atoms with van der Waals surface area (Å²) in [4.78, 5) is 0. The van der Waals surface area contributed by atoms with Gasteiger partial charge < -0.3 is 40.0 Å². The third kappa shape index (κ3) is 6.46. The van der Waals surface area contributed by atoms with Gasteiger partial charge in [0.05, 0.1) is 25.6 Å². The normalized spacial score (nSPS) is 22.2. The molecule has 42 heavy (non-hydrogen) atoms. The van der Waals surface area contributed by atoms with Crippen LogP contribution in [0.5, 0.6) is 11.5 Å². The lowest BCUT2D eigenvalue weighted by Crippen LogP contribution is -2.56. The van der Waals surface area contributed by atoms with Crippen molar-refractivity contribution in [1.82, 2.24) is 20.3 Å². The van der Waals surface area contributed by atoms with Gasteiger partial charge in [0.15, 0.2) is 17.7 Å². The number of hydrogen-bond acceptors (Lipinski definition) is 10. The quantitative estimate of drug-likeness (QED) is 0.180. The van der Waals surface area contributed by atoms with Crippen molar-refractivity contribution in [2.45, 2.75) is 57.3 Å². The number of aliphatic hydroxyl groups excluding tert-OH is 4. The Labute approximate surface area is 243 Å². The Bertz CT molecular complexity index is 1460. The molecule has 5 N–H and O–H groups in total. The first-order chi connectivity index (χ1) is 20.4. The van der Waals surface area contributed by atoms with Crippen molar-refractivity contribution in [2.24, 2.45) is 0 Å². The predicted octanol–water partition coefficient (Wildman–Crippen LogP) is 2.10. The molecule has 4 aromatic rings. The number of rotatable bonds is 11. The molecule has 0 amide bonds. The molecular weight excluding hydrogens is 540 g/mol. The van der Waals surface area contributed by atoms with E-state index < -0.39 is 37.3 Å². The Hall–Kier alpha value is -3.84. The van der Waals surface area contributed by atoms with Crippen LogP contribution in [0.15, 0.2) is 72.9 Å². The molecule has 0 spiro atoms. The van der Waals surface area contributed by atoms with E-state index in [1.807, 2.05) is 42.5 Å². The lowest BCUT2D eigenvalue weighted by molar-refractivity contribution is -0.254. The molecule has 5 rings (SSSR count). The maximum atomic E-state index is 10.3. The van der Waals surface area contributed by atoms with E-state index in [4.69, 9.17) is 14.2 Å². The van der Waals surface area contributed by atoms with Crippen LogP contribution < -0.4 is 14.8 Å². The van der Waals surface area contributed by atoms with Crippen molar-refractivity contribution in [3.8, 4) is 22.6 Å². The number of aromatic nitrogens is 3. The summed E-state index contributed by atoms with van der Waals surface area (Å²) in [6.07, 6.45) is -4.91. The van der Waals surface area contributed by atoms with Crippen LogP contribution in [-0.4, -0.2) is 73.6 Å². The molecule has 3 aromatic carbocycles. The highest BCUT2D eigenvalue weighted by molar-refractivity contribution is 5.68. The van der Waals surface area contributed by atoms with Crippen LogP contribution in [0.1, 0.15) is 28.6 Å². The van der Waals surface area contributed by atoms with E-state index >= 15 is 0 Å². The minimum Gasteiger partial charge on any atom is -0.493 e. The number of nitrogens with zero attached hydrogens (tertiary/aromatic N) is 3. The minimum atomic E-state index is -1.49. The smallest absolute Gasteiger partial charge is 0.180 e. The summed E-state index contributed by atoms with van der Waals surface area (Å²) in [7, 11) is 1.61. The van der Waals surface area contributed by atoms with E-state index in [0.717, 1.165) is 22.3 Å². The van der Waals surface area contributed by atoms with Gasteiger partial charge in [0.25, 0.3) is 0 Å². The molecule has 11 heteroatoms. The zero-order valence-electron chi connectivity index (χ0n) is 23.5. The summed E-state index contributed by atoms with van der Waals surface area (Å²) in [5.41, 5.74) is 6.13. The van der Waals surface area contributed by atoms with Gasteiger partial charge in [0.1, 0.15) is 31.0 Å². The fourth-order valence-electron chi connectivity index (χ4n) is 5.02. The number of benzene rings is 3. The summed E-state index contributed by atoms with van der Waals surface area (Å²) < 4.78 is 18.6. The van der Waals surface area contributed by atoms with Crippen molar-refractivity contribution < 1.29 is 34.6 Å². The Morgan fingerprint density at radius 3 is 2.50 bits per heavy atom. The van der Waals surface area contributed by atoms with Gasteiger partial charge in [0, 0.05) is 13.1 Å². The molecule has 222 valence electrons. The SMILES string of the molecule is COc1ccc(CNCc2cn([C@@H]3O[C@H](CO)[C@@H](O)[C@H](O)[C@H]3O)nn2)cc1OCc1cccc(-c2ccccc2)c1C. The molecule has 11 nitrogen and oxygen atoms in total. The number of hydrogen-bond donors (Lipinski definition) is 5. The molecule has 0 aliphatic carbocycles. The largest absolute Gasteiger partial charge is 0.493 e. The lowest BCUT2D eigenvalue weighted by Gasteiger charge is -2.39. The van der Waals surface area contributed by atoms with E-state index in [0.29, 0.717) is 36.9 Å². The molecule has 1 aliphatic rings. The van der Waals surface area contributed by atoms with Crippen LogP contribution in [0.25, 0.3) is 11.1 Å². The van der Waals surface area contributed by atoms with Crippen LogP contribution in [0.3, 0.4) is 0 Å². The molecule has 0 saturated carbocycles. The van der Waals surface area contributed by atoms with Crippen LogP contribution >= 0.6 is 0 Å². The van der Waals surface area contributed by atoms with E-state index in [1.165, 1.54) is 10.2 Å². The fourth-order valence-corrected chi connectivity index (χ4v) is 5.02. The Morgan fingerprint density at radius 2 is 1.74 bits per heavy atom. The van der Waals surface area contributed by atoms with Gasteiger partial charge in [-0.15, -0.1) is 5.10 Å². The highest BCUT2D eigenvalue weighted by Gasteiger charge is 2.44. The Morgan fingerprint density at radius 1 is 0.929 bits per heavy atom. The molecule has 1 fully saturated rings. The topological polar surface area (TPSA) is 151 Å². The highest BCUT2D eigenvalue weighted by Crippen LogP contribution is 2.31. The number of ether oxygens (including phenoxy) is 3. The van der Waals surface area contributed by atoms with Gasteiger partial charge in [0.2, 0.25) is 0 Å². The molecule has 5 atom stereocenters. The molecular formula is C31H36N4O7. The second-order valence-corrected chi connectivity index (χ2v) is 10.2. The van der Waals surface area contributed by atoms with E-state index in [9.17, 15) is 20.4 Å². The summed E-state index contributed by atoms with van der Waals surface area (Å²) >= 11 is 0. The summed E-state index contributed by atoms with van der Waals surface area (Å²) in [6.45, 7) is 2.85. The standard InChI is InChI=1S/C31H36N4O7/c1-19-22(9-6-10-24(19)21-7-4-3-5-8-21)18-41-26-13-20(11-12-25(26)40-2)14-32-15-23-16-35(34-33-23)31-30(39)29(38)28(37)27(17-36)42-31/h3-13,16,27-32,36-39H,14-15,17-18H2,1-2H3/t27-,28-,29+,30-,31-/m1/s1. The molecule has 1 aromatic heterocycles. The second kappa shape index (κ2) is 13.4. The molecule has 0 unspecified atom stereocenters. The van der Waals surface area contributed by atoms with Gasteiger partial charge >= 0.3 is 0 Å². The third-order valence-corrected chi connectivity index (χ3v) is 7.46. The molecule has 0 radical (unpaired) electrons. The van der Waals surface area contributed by atoms with Crippen LogP contribution in [-0.2, 0) is 24.4 Å². The molecule has 1 aliphatic heterocycles. The average molecular weight is 577 g/mol. The van der Waals surface area contributed by atoms with Crippen molar-refractivity contribution in [3.05, 3.63) is 95.3 Å². The first-order valence-corrected chi connectivity index (χ1v) is 13.7. The van der Waals surface area contributed by atoms with Crippen molar-refractivity contribution in [2.75, 3.05) is 13.7 Å². The number of aliphatic hydroxyl groups is 4. The van der Waals surface area contributed by atoms with E-state index in [2.05, 4.69) is 46.8 Å². The van der Waals surface area contributed by atoms with Gasteiger partial charge in [-0.25, -0.2) is 4.68 Å². The Balaban J connectivity index is 1.20. The van der Waals surface area contributed by atoms with E-state index in [1.54, 1.807) is 13.3 Å². The first-order valence-electron chi connectivity index (χ1n) is 13.7. The summed E-state index contributed by atoms with van der Waals surface area (Å²) in [6, 6.07) is 22.3. The van der Waals surface area contributed by atoms with Crippen LogP contribution in [0.4, 0.5) is 0 Å². The maximum Gasteiger partial charge on any atom is 0.180 e. The van der Waals surface area contributed by atoms with Gasteiger partial charge in [-0.3, -0.25) is 0 Å². The average Bonchev–Trinajstić information content (AvgIpc) is 3.48. The zero-order valence-corrected chi connectivity index (χ0v) is 23.5. The minimum absolute atomic E-state index is 0.366. The number of nitrogens with one attached hydrogen (secondary N) is 1. The summed E-state index contributed by atoms with van der Waals surface area (Å²) in [5.74, 6) is 1.27. The second-order valence-electron chi connectivity index (χ2n) is 10.2. The van der Waals surface area contributed by atoms with Crippen LogP contribution in [0.2, 0.25) is 0 Å². The van der Waals surface area contributed by atoms with E-state index in [-0.39, 0.29) is 0 Å². The van der Waals surface area contributed by atoms with Crippen LogP contribution in [0, 0.1) is 6.92 Å². The highest BCUT2D eigenvalue weighted by atomic mass is 16.6. The molecule has 2 heterocycles. The zero-order chi connectivity index (χ0) is 29.6. The maximum absolute atomic E-state index is 10.3. The fraction of sp³-hybridized carbons (Fsp3) is 0.355. The number of methoxy groups -OCH3 is 1. The Kier molecular flexibility index (Phi) is 9.48.